The predicted octanol–water partition coefficient (Wildman–Crippen LogP) is 4.31. The van der Waals surface area contributed by atoms with Crippen LogP contribution in [0.5, 0.6) is 5.75 Å². The Balaban J connectivity index is 1.92. The van der Waals surface area contributed by atoms with Crippen molar-refractivity contribution in [3.63, 3.8) is 0 Å². The second kappa shape index (κ2) is 7.37. The van der Waals surface area contributed by atoms with Crippen LogP contribution < -0.4 is 4.74 Å². The third-order valence-electron chi connectivity index (χ3n) is 4.50. The molecule has 0 amide bonds. The number of thiol groups is 1. The molecule has 0 saturated carbocycles. The fourth-order valence-corrected chi connectivity index (χ4v) is 2.92. The van der Waals surface area contributed by atoms with E-state index >= 15 is 0 Å². The van der Waals surface area contributed by atoms with Crippen molar-refractivity contribution in [1.29, 1.82) is 0 Å². The molecule has 1 fully saturated rings. The Morgan fingerprint density at radius 2 is 1.90 bits per heavy atom. The summed E-state index contributed by atoms with van der Waals surface area (Å²) in [5.41, 5.74) is 1.56. The lowest BCUT2D eigenvalue weighted by molar-refractivity contribution is 0.00310. The summed E-state index contributed by atoms with van der Waals surface area (Å²) in [6.45, 7) is 6.88. The SMILES string of the molecule is CCC(C)c1ccc(OCC2(CS)CCOCC2)cc1. The molecule has 1 saturated heterocycles. The zero-order valence-electron chi connectivity index (χ0n) is 12.6. The van der Waals surface area contributed by atoms with E-state index in [1.54, 1.807) is 0 Å². The summed E-state index contributed by atoms with van der Waals surface area (Å²) in [5, 5.41) is 0. The van der Waals surface area contributed by atoms with Crippen LogP contribution in [0, 0.1) is 5.41 Å². The van der Waals surface area contributed by atoms with Crippen LogP contribution in [0.15, 0.2) is 24.3 Å². The van der Waals surface area contributed by atoms with E-state index in [1.807, 2.05) is 0 Å². The highest BCUT2D eigenvalue weighted by Gasteiger charge is 2.32. The van der Waals surface area contributed by atoms with E-state index in [9.17, 15) is 0 Å². The molecule has 3 heteroatoms. The lowest BCUT2D eigenvalue weighted by Crippen LogP contribution is -2.36. The normalized spacial score (nSPS) is 19.6. The quantitative estimate of drug-likeness (QED) is 0.788. The third-order valence-corrected chi connectivity index (χ3v) is 5.17. The molecule has 1 atom stereocenters. The molecular formula is C17H26O2S. The summed E-state index contributed by atoms with van der Waals surface area (Å²) in [5.74, 6) is 2.44. The molecular weight excluding hydrogens is 268 g/mol. The van der Waals surface area contributed by atoms with Crippen molar-refractivity contribution < 1.29 is 9.47 Å². The molecule has 112 valence electrons. The summed E-state index contributed by atoms with van der Waals surface area (Å²) < 4.78 is 11.4. The molecule has 0 radical (unpaired) electrons. The molecule has 1 aliphatic heterocycles. The second-order valence-corrected chi connectivity index (χ2v) is 6.25. The Kier molecular flexibility index (Phi) is 5.79. The highest BCUT2D eigenvalue weighted by Crippen LogP contribution is 2.32. The van der Waals surface area contributed by atoms with Crippen molar-refractivity contribution in [2.45, 2.75) is 39.0 Å². The first-order valence-corrected chi connectivity index (χ1v) is 8.24. The van der Waals surface area contributed by atoms with Crippen LogP contribution >= 0.6 is 12.6 Å². The zero-order chi connectivity index (χ0) is 14.4. The smallest absolute Gasteiger partial charge is 0.119 e. The Labute approximate surface area is 128 Å². The van der Waals surface area contributed by atoms with Gasteiger partial charge in [-0.05, 0) is 48.6 Å². The van der Waals surface area contributed by atoms with Crippen LogP contribution in [0.3, 0.4) is 0 Å². The van der Waals surface area contributed by atoms with E-state index in [0.717, 1.165) is 44.2 Å². The molecule has 0 spiro atoms. The molecule has 1 aromatic rings. The molecule has 0 aromatic heterocycles. The summed E-state index contributed by atoms with van der Waals surface area (Å²) in [6.07, 6.45) is 3.26. The van der Waals surface area contributed by atoms with Crippen LogP contribution in [-0.2, 0) is 4.74 Å². The predicted molar refractivity (Wildman–Crippen MR) is 87.0 cm³/mol. The van der Waals surface area contributed by atoms with E-state index in [0.29, 0.717) is 5.92 Å². The number of rotatable bonds is 6. The van der Waals surface area contributed by atoms with E-state index < -0.39 is 0 Å². The first-order chi connectivity index (χ1) is 9.69. The highest BCUT2D eigenvalue weighted by molar-refractivity contribution is 7.80. The molecule has 2 rings (SSSR count). The first-order valence-electron chi connectivity index (χ1n) is 7.60. The van der Waals surface area contributed by atoms with Crippen LogP contribution in [-0.4, -0.2) is 25.6 Å². The average Bonchev–Trinajstić information content (AvgIpc) is 2.53. The minimum absolute atomic E-state index is 0.177. The summed E-state index contributed by atoms with van der Waals surface area (Å²) in [7, 11) is 0. The fraction of sp³-hybridized carbons (Fsp3) is 0.647. The van der Waals surface area contributed by atoms with Crippen molar-refractivity contribution in [3.8, 4) is 5.75 Å². The van der Waals surface area contributed by atoms with Crippen molar-refractivity contribution in [2.75, 3.05) is 25.6 Å². The number of benzene rings is 1. The number of hydrogen-bond donors (Lipinski definition) is 1. The van der Waals surface area contributed by atoms with Gasteiger partial charge in [0.25, 0.3) is 0 Å². The molecule has 1 heterocycles. The van der Waals surface area contributed by atoms with E-state index in [1.165, 1.54) is 12.0 Å². The largest absolute Gasteiger partial charge is 0.493 e. The second-order valence-electron chi connectivity index (χ2n) is 5.94. The van der Waals surface area contributed by atoms with Gasteiger partial charge in [-0.1, -0.05) is 26.0 Å². The molecule has 2 nitrogen and oxygen atoms in total. The maximum atomic E-state index is 6.00. The summed E-state index contributed by atoms with van der Waals surface area (Å²) in [4.78, 5) is 0. The van der Waals surface area contributed by atoms with E-state index in [2.05, 4.69) is 50.7 Å². The van der Waals surface area contributed by atoms with Crippen LogP contribution in [0.1, 0.15) is 44.6 Å². The van der Waals surface area contributed by atoms with Crippen molar-refractivity contribution in [3.05, 3.63) is 29.8 Å². The lowest BCUT2D eigenvalue weighted by Gasteiger charge is -2.35. The topological polar surface area (TPSA) is 18.5 Å². The van der Waals surface area contributed by atoms with Crippen LogP contribution in [0.2, 0.25) is 0 Å². The van der Waals surface area contributed by atoms with E-state index in [4.69, 9.17) is 9.47 Å². The number of hydrogen-bond acceptors (Lipinski definition) is 3. The van der Waals surface area contributed by atoms with Gasteiger partial charge in [-0.15, -0.1) is 0 Å². The molecule has 1 aliphatic rings. The average molecular weight is 294 g/mol. The van der Waals surface area contributed by atoms with Crippen molar-refractivity contribution >= 4 is 12.6 Å². The fourth-order valence-electron chi connectivity index (χ4n) is 2.52. The molecule has 0 N–H and O–H groups in total. The summed E-state index contributed by atoms with van der Waals surface area (Å²) >= 11 is 4.52. The van der Waals surface area contributed by atoms with Crippen LogP contribution in [0.25, 0.3) is 0 Å². The van der Waals surface area contributed by atoms with Crippen molar-refractivity contribution in [2.24, 2.45) is 5.41 Å². The molecule has 0 bridgehead atoms. The Bertz CT molecular complexity index is 396. The minimum Gasteiger partial charge on any atom is -0.493 e. The third kappa shape index (κ3) is 3.92. The van der Waals surface area contributed by atoms with Gasteiger partial charge in [-0.25, -0.2) is 0 Å². The zero-order valence-corrected chi connectivity index (χ0v) is 13.5. The van der Waals surface area contributed by atoms with Gasteiger partial charge in [0.2, 0.25) is 0 Å². The van der Waals surface area contributed by atoms with Gasteiger partial charge in [0.15, 0.2) is 0 Å². The molecule has 0 aliphatic carbocycles. The van der Waals surface area contributed by atoms with Gasteiger partial charge in [-0.2, -0.15) is 12.6 Å². The highest BCUT2D eigenvalue weighted by atomic mass is 32.1. The molecule has 1 unspecified atom stereocenters. The maximum absolute atomic E-state index is 6.00. The van der Waals surface area contributed by atoms with Gasteiger partial charge < -0.3 is 9.47 Å². The Morgan fingerprint density at radius 3 is 2.45 bits per heavy atom. The van der Waals surface area contributed by atoms with Gasteiger partial charge in [0.1, 0.15) is 5.75 Å². The Hall–Kier alpha value is -0.670. The van der Waals surface area contributed by atoms with Gasteiger partial charge in [-0.3, -0.25) is 0 Å². The maximum Gasteiger partial charge on any atom is 0.119 e. The molecule has 1 aromatic carbocycles. The Morgan fingerprint density at radius 1 is 1.25 bits per heavy atom. The molecule has 20 heavy (non-hydrogen) atoms. The standard InChI is InChI=1S/C17H26O2S/c1-3-14(2)15-4-6-16(7-5-15)19-12-17(13-20)8-10-18-11-9-17/h4-7,14,20H,3,8-13H2,1-2H3. The van der Waals surface area contributed by atoms with Crippen LogP contribution in [0.4, 0.5) is 0 Å². The minimum atomic E-state index is 0.177. The van der Waals surface area contributed by atoms with Crippen molar-refractivity contribution in [1.82, 2.24) is 0 Å². The first kappa shape index (κ1) is 15.7. The lowest BCUT2D eigenvalue weighted by atomic mass is 9.83. The van der Waals surface area contributed by atoms with Gasteiger partial charge in [0, 0.05) is 18.6 Å². The van der Waals surface area contributed by atoms with Gasteiger partial charge >= 0.3 is 0 Å². The summed E-state index contributed by atoms with van der Waals surface area (Å²) in [6, 6.07) is 8.54. The monoisotopic (exact) mass is 294 g/mol. The van der Waals surface area contributed by atoms with Gasteiger partial charge in [0.05, 0.1) is 6.61 Å². The van der Waals surface area contributed by atoms with E-state index in [-0.39, 0.29) is 5.41 Å². The number of ether oxygens (including phenoxy) is 2.